The van der Waals surface area contributed by atoms with Crippen molar-refractivity contribution in [1.82, 2.24) is 0 Å². The maximum Gasteiger partial charge on any atom is 0.135 e. The van der Waals surface area contributed by atoms with Crippen molar-refractivity contribution in [2.75, 3.05) is 4.90 Å². The summed E-state index contributed by atoms with van der Waals surface area (Å²) >= 11 is 1.89. The number of thiophene rings is 1. The van der Waals surface area contributed by atoms with E-state index in [1.54, 1.807) is 0 Å². The smallest absolute Gasteiger partial charge is 0.135 e. The Hall–Kier alpha value is -5.38. The molecule has 2 aromatic heterocycles. The average molecular weight is 624 g/mol. The first-order valence-corrected chi connectivity index (χ1v) is 17.3. The van der Waals surface area contributed by atoms with Crippen LogP contribution in [-0.4, -0.2) is 0 Å². The van der Waals surface area contributed by atoms with Gasteiger partial charge < -0.3 is 9.32 Å². The predicted octanol–water partition coefficient (Wildman–Crippen LogP) is 12.8. The van der Waals surface area contributed by atoms with E-state index in [-0.39, 0.29) is 0 Å². The van der Waals surface area contributed by atoms with Gasteiger partial charge in [-0.3, -0.25) is 0 Å². The molecule has 7 aromatic rings. The molecule has 0 unspecified atom stereocenters. The number of fused-ring (bicyclic) bond motifs is 4. The second-order valence-electron chi connectivity index (χ2n) is 12.4. The van der Waals surface area contributed by atoms with Gasteiger partial charge in [-0.25, -0.2) is 0 Å². The minimum Gasteiger partial charge on any atom is -0.456 e. The lowest BCUT2D eigenvalue weighted by Crippen LogP contribution is -2.19. The summed E-state index contributed by atoms with van der Waals surface area (Å²) < 4.78 is 6.04. The van der Waals surface area contributed by atoms with E-state index in [1.807, 2.05) is 23.5 Å². The molecule has 0 fully saturated rings. The fourth-order valence-electron chi connectivity index (χ4n) is 7.10. The number of aryl methyl sites for hydroxylation is 1. The summed E-state index contributed by atoms with van der Waals surface area (Å²) in [6.45, 7) is 0. The summed E-state index contributed by atoms with van der Waals surface area (Å²) in [6, 6.07) is 45.9. The molecule has 3 heteroatoms. The van der Waals surface area contributed by atoms with Crippen molar-refractivity contribution < 1.29 is 4.42 Å². The highest BCUT2D eigenvalue weighted by molar-refractivity contribution is 7.16. The van der Waals surface area contributed by atoms with Crippen molar-refractivity contribution in [2.45, 2.75) is 25.7 Å². The van der Waals surface area contributed by atoms with Gasteiger partial charge in [-0.15, -0.1) is 11.3 Å². The van der Waals surface area contributed by atoms with E-state index in [4.69, 9.17) is 4.42 Å². The summed E-state index contributed by atoms with van der Waals surface area (Å²) in [7, 11) is 0. The highest BCUT2D eigenvalue weighted by Gasteiger charge is 2.22. The molecule has 47 heavy (non-hydrogen) atoms. The molecule has 0 amide bonds. The van der Waals surface area contributed by atoms with E-state index in [9.17, 15) is 0 Å². The van der Waals surface area contributed by atoms with Crippen LogP contribution >= 0.6 is 11.3 Å². The Labute approximate surface area is 279 Å². The molecule has 2 heterocycles. The topological polar surface area (TPSA) is 16.4 Å². The van der Waals surface area contributed by atoms with Crippen molar-refractivity contribution in [3.63, 3.8) is 0 Å². The minimum atomic E-state index is 0.931. The molecule has 0 N–H and O–H groups in total. The van der Waals surface area contributed by atoms with Crippen molar-refractivity contribution >= 4 is 56.3 Å². The highest BCUT2D eigenvalue weighted by Crippen LogP contribution is 2.42. The van der Waals surface area contributed by atoms with E-state index in [1.165, 1.54) is 60.2 Å². The molecule has 0 bridgehead atoms. The van der Waals surface area contributed by atoms with Crippen molar-refractivity contribution in [3.8, 4) is 21.6 Å². The van der Waals surface area contributed by atoms with E-state index in [2.05, 4.69) is 144 Å². The summed E-state index contributed by atoms with van der Waals surface area (Å²) in [5.74, 6) is 0. The zero-order valence-corrected chi connectivity index (χ0v) is 26.8. The third-order valence-corrected chi connectivity index (χ3v) is 10.7. The quantitative estimate of drug-likeness (QED) is 0.183. The summed E-state index contributed by atoms with van der Waals surface area (Å²) in [6.07, 6.45) is 13.5. The Kier molecular flexibility index (Phi) is 6.98. The van der Waals surface area contributed by atoms with Gasteiger partial charge in [-0.2, -0.15) is 0 Å². The number of para-hydroxylation sites is 2. The molecule has 0 radical (unpaired) electrons. The molecular weight excluding hydrogens is 591 g/mol. The third kappa shape index (κ3) is 5.14. The fourth-order valence-corrected chi connectivity index (χ4v) is 8.16. The largest absolute Gasteiger partial charge is 0.456 e. The first-order valence-electron chi connectivity index (χ1n) is 16.4. The van der Waals surface area contributed by atoms with Crippen LogP contribution in [0.3, 0.4) is 0 Å². The van der Waals surface area contributed by atoms with E-state index < -0.39 is 0 Å². The second kappa shape index (κ2) is 11.8. The molecule has 0 saturated carbocycles. The SMILES string of the molecule is C1=Cc2c(cccc2N(C2=CC=C(c3ccc(-c4ccc(-c5ccc6oc7ccccc7c6c5)cc4)s3)CC2)c2ccccc2)CC1. The zero-order valence-electron chi connectivity index (χ0n) is 26.0. The second-order valence-corrected chi connectivity index (χ2v) is 13.4. The van der Waals surface area contributed by atoms with Gasteiger partial charge in [0.05, 0.1) is 5.69 Å². The molecule has 9 rings (SSSR count). The number of hydrogen-bond acceptors (Lipinski definition) is 3. The molecule has 0 aliphatic heterocycles. The molecule has 2 aliphatic carbocycles. The van der Waals surface area contributed by atoms with Crippen LogP contribution in [0, 0.1) is 0 Å². The normalized spacial score (nSPS) is 14.2. The van der Waals surface area contributed by atoms with Gasteiger partial charge >= 0.3 is 0 Å². The van der Waals surface area contributed by atoms with Gasteiger partial charge in [0, 0.05) is 37.5 Å². The summed E-state index contributed by atoms with van der Waals surface area (Å²) in [4.78, 5) is 5.12. The van der Waals surface area contributed by atoms with E-state index >= 15 is 0 Å². The fraction of sp³-hybridized carbons (Fsp3) is 0.0909. The molecule has 2 nitrogen and oxygen atoms in total. The third-order valence-electron chi connectivity index (χ3n) is 9.51. The van der Waals surface area contributed by atoms with E-state index in [0.717, 1.165) is 47.6 Å². The summed E-state index contributed by atoms with van der Waals surface area (Å²) in [5, 5.41) is 2.32. The maximum absolute atomic E-state index is 6.04. The van der Waals surface area contributed by atoms with Crippen LogP contribution < -0.4 is 4.90 Å². The van der Waals surface area contributed by atoms with Crippen LogP contribution in [0.2, 0.25) is 0 Å². The number of rotatable bonds is 6. The first kappa shape index (κ1) is 27.9. The molecule has 226 valence electrons. The van der Waals surface area contributed by atoms with Gasteiger partial charge in [0.15, 0.2) is 0 Å². The van der Waals surface area contributed by atoms with Crippen molar-refractivity contribution in [1.29, 1.82) is 0 Å². The summed E-state index contributed by atoms with van der Waals surface area (Å²) in [5.41, 5.74) is 13.5. The predicted molar refractivity (Wildman–Crippen MR) is 200 cm³/mol. The lowest BCUT2D eigenvalue weighted by Gasteiger charge is -2.32. The zero-order chi connectivity index (χ0) is 31.2. The number of hydrogen-bond donors (Lipinski definition) is 0. The lowest BCUT2D eigenvalue weighted by molar-refractivity contribution is 0.669. The molecule has 5 aromatic carbocycles. The molecule has 0 spiro atoms. The number of furan rings is 1. The maximum atomic E-state index is 6.04. The van der Waals surface area contributed by atoms with Gasteiger partial charge in [-0.05, 0) is 108 Å². The molecule has 0 saturated heterocycles. The lowest BCUT2D eigenvalue weighted by atomic mass is 9.94. The highest BCUT2D eigenvalue weighted by atomic mass is 32.1. The molecule has 0 atom stereocenters. The van der Waals surface area contributed by atoms with Gasteiger partial charge in [0.25, 0.3) is 0 Å². The van der Waals surface area contributed by atoms with Crippen molar-refractivity contribution in [2.24, 2.45) is 0 Å². The Morgan fingerprint density at radius 3 is 2.23 bits per heavy atom. The molecule has 2 aliphatic rings. The Morgan fingerprint density at radius 1 is 0.574 bits per heavy atom. The standard InChI is InChI=1S/C44H33NOS/c1-2-11-35(12-3-1)45(40-15-8-10-31-9-4-5-13-37(31)40)36-24-21-33(22-25-36)44-28-27-43(47-44)32-19-17-30(18-20-32)34-23-26-42-39(29-34)38-14-6-7-16-41(38)46-42/h1-3,5-8,10-21,23-24,26-29H,4,9,22,25H2. The van der Waals surface area contributed by atoms with Crippen LogP contribution in [0.4, 0.5) is 11.4 Å². The van der Waals surface area contributed by atoms with Crippen LogP contribution in [0.1, 0.15) is 35.3 Å². The number of benzene rings is 5. The first-order chi connectivity index (χ1) is 23.3. The number of allylic oxidation sites excluding steroid dienone is 5. The average Bonchev–Trinajstić information content (AvgIpc) is 3.78. The monoisotopic (exact) mass is 623 g/mol. The van der Waals surface area contributed by atoms with Gasteiger partial charge in [-0.1, -0.05) is 97.1 Å². The molecular formula is C44H33NOS. The Balaban J connectivity index is 0.987. The van der Waals surface area contributed by atoms with Crippen molar-refractivity contribution in [3.05, 3.63) is 167 Å². The minimum absolute atomic E-state index is 0.931. The van der Waals surface area contributed by atoms with Gasteiger partial charge in [0.1, 0.15) is 11.2 Å². The van der Waals surface area contributed by atoms with Crippen LogP contribution in [0.5, 0.6) is 0 Å². The van der Waals surface area contributed by atoms with Crippen LogP contribution in [0.25, 0.3) is 55.2 Å². The number of anilines is 2. The van der Waals surface area contributed by atoms with E-state index in [0.29, 0.717) is 0 Å². The van der Waals surface area contributed by atoms with Gasteiger partial charge in [0.2, 0.25) is 0 Å². The Bertz CT molecular complexity index is 2350. The Morgan fingerprint density at radius 2 is 1.36 bits per heavy atom. The van der Waals surface area contributed by atoms with Crippen LogP contribution in [0.15, 0.2) is 156 Å². The number of nitrogens with zero attached hydrogens (tertiary/aromatic N) is 1. The van der Waals surface area contributed by atoms with Crippen LogP contribution in [-0.2, 0) is 6.42 Å².